The molecule has 0 aliphatic heterocycles. The van der Waals surface area contributed by atoms with Crippen molar-refractivity contribution in [3.05, 3.63) is 0 Å². The first kappa shape index (κ1) is 8.88. The normalized spacial score (nSPS) is 10.7. The van der Waals surface area contributed by atoms with Gasteiger partial charge >= 0.3 is 0 Å². The zero-order valence-corrected chi connectivity index (χ0v) is 5.97. The Bertz CT molecular complexity index is 55.0. The molecule has 0 heterocycles. The Morgan fingerprint density at radius 3 is 2.22 bits per heavy atom. The number of methoxy groups -OCH3 is 1. The molecule has 9 heavy (non-hydrogen) atoms. The minimum atomic E-state index is 0.435. The largest absolute Gasteiger partial charge is 0.385 e. The van der Waals surface area contributed by atoms with E-state index in [1.54, 1.807) is 7.11 Å². The van der Waals surface area contributed by atoms with Crippen LogP contribution in [0.4, 0.5) is 0 Å². The van der Waals surface area contributed by atoms with Crippen LogP contribution in [-0.2, 0) is 4.74 Å². The Labute approximate surface area is 56.4 Å². The minimum Gasteiger partial charge on any atom is -0.385 e. The van der Waals surface area contributed by atoms with E-state index in [0.29, 0.717) is 19.0 Å². The molecule has 3 nitrogen and oxygen atoms in total. The van der Waals surface area contributed by atoms with Crippen LogP contribution in [0.5, 0.6) is 0 Å². The highest BCUT2D eigenvalue weighted by atomic mass is 16.5. The molecule has 0 aromatic rings. The maximum atomic E-state index is 5.39. The van der Waals surface area contributed by atoms with E-state index in [4.69, 9.17) is 16.2 Å². The van der Waals surface area contributed by atoms with Crippen LogP contribution in [0.1, 0.15) is 6.42 Å². The first-order chi connectivity index (χ1) is 4.35. The van der Waals surface area contributed by atoms with Crippen LogP contribution >= 0.6 is 0 Å². The average molecular weight is 132 g/mol. The second kappa shape index (κ2) is 6.01. The van der Waals surface area contributed by atoms with Crippen molar-refractivity contribution in [1.82, 2.24) is 0 Å². The predicted molar refractivity (Wildman–Crippen MR) is 38.1 cm³/mol. The lowest BCUT2D eigenvalue weighted by atomic mass is 10.1. The van der Waals surface area contributed by atoms with Crippen LogP contribution in [0.3, 0.4) is 0 Å². The Kier molecular flexibility index (Phi) is 5.93. The summed E-state index contributed by atoms with van der Waals surface area (Å²) in [6.07, 6.45) is 0.976. The van der Waals surface area contributed by atoms with Gasteiger partial charge in [-0.1, -0.05) is 0 Å². The molecule has 0 saturated heterocycles. The lowest BCUT2D eigenvalue weighted by Crippen LogP contribution is -2.24. The highest BCUT2D eigenvalue weighted by molar-refractivity contribution is 4.58. The van der Waals surface area contributed by atoms with E-state index in [1.807, 2.05) is 0 Å². The summed E-state index contributed by atoms with van der Waals surface area (Å²) in [6, 6.07) is 0. The van der Waals surface area contributed by atoms with E-state index < -0.39 is 0 Å². The second-order valence-corrected chi connectivity index (χ2v) is 2.12. The summed E-state index contributed by atoms with van der Waals surface area (Å²) in [4.78, 5) is 0. The molecule has 56 valence electrons. The molecule has 0 fully saturated rings. The summed E-state index contributed by atoms with van der Waals surface area (Å²) in [5.41, 5.74) is 10.8. The summed E-state index contributed by atoms with van der Waals surface area (Å²) >= 11 is 0. The van der Waals surface area contributed by atoms with Crippen LogP contribution in [-0.4, -0.2) is 26.8 Å². The van der Waals surface area contributed by atoms with Gasteiger partial charge in [-0.2, -0.15) is 0 Å². The molecule has 3 heteroatoms. The molecular formula is C6H16N2O. The fourth-order valence-electron chi connectivity index (χ4n) is 0.616. The fraction of sp³-hybridized carbons (Fsp3) is 1.00. The third-order valence-corrected chi connectivity index (χ3v) is 1.40. The molecule has 0 amide bonds. The van der Waals surface area contributed by atoms with E-state index >= 15 is 0 Å². The molecule has 0 atom stereocenters. The van der Waals surface area contributed by atoms with Crippen LogP contribution in [0.25, 0.3) is 0 Å². The number of nitrogens with two attached hydrogens (primary N) is 2. The first-order valence-corrected chi connectivity index (χ1v) is 3.24. The molecule has 0 aromatic carbocycles. The first-order valence-electron chi connectivity index (χ1n) is 3.24. The summed E-state index contributed by atoms with van der Waals surface area (Å²) in [5.74, 6) is 0.435. The summed E-state index contributed by atoms with van der Waals surface area (Å²) in [6.45, 7) is 2.10. The van der Waals surface area contributed by atoms with Crippen molar-refractivity contribution in [2.75, 3.05) is 26.8 Å². The van der Waals surface area contributed by atoms with Crippen molar-refractivity contribution in [1.29, 1.82) is 0 Å². The molecule has 0 radical (unpaired) electrons. The van der Waals surface area contributed by atoms with E-state index in [0.717, 1.165) is 13.0 Å². The van der Waals surface area contributed by atoms with Crippen molar-refractivity contribution in [3.63, 3.8) is 0 Å². The van der Waals surface area contributed by atoms with Crippen LogP contribution in [0, 0.1) is 5.92 Å². The number of hydrogen-bond donors (Lipinski definition) is 2. The smallest absolute Gasteiger partial charge is 0.0465 e. The molecule has 0 saturated carbocycles. The lowest BCUT2D eigenvalue weighted by molar-refractivity contribution is 0.179. The number of hydrogen-bond acceptors (Lipinski definition) is 3. The van der Waals surface area contributed by atoms with E-state index in [-0.39, 0.29) is 0 Å². The Hall–Kier alpha value is -0.120. The maximum absolute atomic E-state index is 5.39. The molecule has 0 unspecified atom stereocenters. The number of rotatable bonds is 5. The standard InChI is InChI=1S/C6H16N2O/c1-9-3-2-6(4-7)5-8/h6H,2-5,7-8H2,1H3. The Morgan fingerprint density at radius 2 is 1.89 bits per heavy atom. The van der Waals surface area contributed by atoms with Crippen molar-refractivity contribution in [2.24, 2.45) is 17.4 Å². The maximum Gasteiger partial charge on any atom is 0.0465 e. The third kappa shape index (κ3) is 4.39. The van der Waals surface area contributed by atoms with Gasteiger partial charge in [0.05, 0.1) is 0 Å². The molecule has 0 bridgehead atoms. The molecule has 4 N–H and O–H groups in total. The van der Waals surface area contributed by atoms with E-state index in [9.17, 15) is 0 Å². The Balaban J connectivity index is 3.09. The van der Waals surface area contributed by atoms with Gasteiger partial charge in [0.1, 0.15) is 0 Å². The van der Waals surface area contributed by atoms with E-state index in [2.05, 4.69) is 0 Å². The lowest BCUT2D eigenvalue weighted by Gasteiger charge is -2.09. The summed E-state index contributed by atoms with van der Waals surface area (Å²) in [7, 11) is 1.68. The quantitative estimate of drug-likeness (QED) is 0.533. The van der Waals surface area contributed by atoms with Gasteiger partial charge in [-0.25, -0.2) is 0 Å². The van der Waals surface area contributed by atoms with Crippen LogP contribution in [0.2, 0.25) is 0 Å². The van der Waals surface area contributed by atoms with Gasteiger partial charge in [-0.3, -0.25) is 0 Å². The van der Waals surface area contributed by atoms with Crippen LogP contribution in [0.15, 0.2) is 0 Å². The summed E-state index contributed by atoms with van der Waals surface area (Å²) < 4.78 is 4.86. The van der Waals surface area contributed by atoms with E-state index in [1.165, 1.54) is 0 Å². The van der Waals surface area contributed by atoms with Gasteiger partial charge in [-0.05, 0) is 25.4 Å². The van der Waals surface area contributed by atoms with Crippen LogP contribution < -0.4 is 11.5 Å². The highest BCUT2D eigenvalue weighted by Crippen LogP contribution is 1.96. The zero-order chi connectivity index (χ0) is 7.11. The van der Waals surface area contributed by atoms with Gasteiger partial charge in [0.25, 0.3) is 0 Å². The number of ether oxygens (including phenoxy) is 1. The molecule has 0 rings (SSSR count). The SMILES string of the molecule is COCCC(CN)CN. The molecular weight excluding hydrogens is 116 g/mol. The van der Waals surface area contributed by atoms with Crippen molar-refractivity contribution >= 4 is 0 Å². The van der Waals surface area contributed by atoms with Crippen molar-refractivity contribution in [3.8, 4) is 0 Å². The second-order valence-electron chi connectivity index (χ2n) is 2.12. The third-order valence-electron chi connectivity index (χ3n) is 1.40. The monoisotopic (exact) mass is 132 g/mol. The van der Waals surface area contributed by atoms with Crippen molar-refractivity contribution < 1.29 is 4.74 Å². The Morgan fingerprint density at radius 1 is 1.33 bits per heavy atom. The molecule has 0 spiro atoms. The summed E-state index contributed by atoms with van der Waals surface area (Å²) in [5, 5.41) is 0. The minimum absolute atomic E-state index is 0.435. The fourth-order valence-corrected chi connectivity index (χ4v) is 0.616. The topological polar surface area (TPSA) is 61.3 Å². The molecule has 0 aromatic heterocycles. The average Bonchev–Trinajstić information content (AvgIpc) is 1.91. The zero-order valence-electron chi connectivity index (χ0n) is 5.97. The highest BCUT2D eigenvalue weighted by Gasteiger charge is 2.01. The van der Waals surface area contributed by atoms with Gasteiger partial charge in [0.15, 0.2) is 0 Å². The predicted octanol–water partition coefficient (Wildman–Crippen LogP) is -0.443. The van der Waals surface area contributed by atoms with Gasteiger partial charge in [0.2, 0.25) is 0 Å². The van der Waals surface area contributed by atoms with Crippen molar-refractivity contribution in [2.45, 2.75) is 6.42 Å². The molecule has 0 aliphatic carbocycles. The molecule has 0 aliphatic rings. The van der Waals surface area contributed by atoms with Gasteiger partial charge in [-0.15, -0.1) is 0 Å². The van der Waals surface area contributed by atoms with Gasteiger partial charge < -0.3 is 16.2 Å². The van der Waals surface area contributed by atoms with Gasteiger partial charge in [0, 0.05) is 13.7 Å².